The number of piperazine rings is 1. The van der Waals surface area contributed by atoms with Gasteiger partial charge in [-0.05, 0) is 23.4 Å². The average molecular weight is 420 g/mol. The summed E-state index contributed by atoms with van der Waals surface area (Å²) in [6, 6.07) is 6.11. The molecule has 0 aliphatic carbocycles. The quantitative estimate of drug-likeness (QED) is 0.733. The van der Waals surface area contributed by atoms with E-state index in [9.17, 15) is 14.0 Å². The summed E-state index contributed by atoms with van der Waals surface area (Å²) in [6.45, 7) is 1.52. The fourth-order valence-corrected chi connectivity index (χ4v) is 3.49. The molecule has 10 nitrogen and oxygen atoms in total. The third kappa shape index (κ3) is 4.15. The molecule has 4 rings (SSSR count). The SMILES string of the molecule is O=C(CO)N1CCN(c2ccc(N3C[C@H](COc4ccon4)OC3=O)cc2F)CC1. The molecule has 2 aromatic rings. The van der Waals surface area contributed by atoms with Gasteiger partial charge in [-0.3, -0.25) is 9.69 Å². The van der Waals surface area contributed by atoms with Gasteiger partial charge in [0.05, 0.1) is 17.9 Å². The van der Waals surface area contributed by atoms with Gasteiger partial charge in [-0.1, -0.05) is 0 Å². The van der Waals surface area contributed by atoms with Crippen LogP contribution in [0.2, 0.25) is 0 Å². The number of rotatable bonds is 6. The van der Waals surface area contributed by atoms with Gasteiger partial charge in [0, 0.05) is 32.2 Å². The molecule has 2 saturated heterocycles. The Balaban J connectivity index is 1.37. The molecule has 0 spiro atoms. The van der Waals surface area contributed by atoms with Crippen molar-refractivity contribution in [2.45, 2.75) is 6.10 Å². The number of hydrogen-bond acceptors (Lipinski definition) is 8. The van der Waals surface area contributed by atoms with Gasteiger partial charge in [0.2, 0.25) is 5.91 Å². The standard InChI is InChI=1S/C19H21FN4O6/c20-15-9-13(1-2-16(15)22-4-6-23(7-5-22)18(26)11-25)24-10-14(30-19(24)27)12-28-17-3-8-29-21-17/h1-3,8-9,14,25H,4-7,10-12H2/t14-/m1/s1. The normalized spacial score (nSPS) is 19.2. The molecule has 1 aromatic heterocycles. The first kappa shape index (κ1) is 20.0. The topological polar surface area (TPSA) is 109 Å². The second kappa shape index (κ2) is 8.57. The third-order valence-electron chi connectivity index (χ3n) is 5.06. The van der Waals surface area contributed by atoms with Gasteiger partial charge in [0.25, 0.3) is 5.88 Å². The number of aliphatic hydroxyl groups excluding tert-OH is 1. The molecule has 11 heteroatoms. The largest absolute Gasteiger partial charge is 0.471 e. The van der Waals surface area contributed by atoms with Crippen LogP contribution in [-0.2, 0) is 9.53 Å². The van der Waals surface area contributed by atoms with Crippen LogP contribution in [-0.4, -0.2) is 79.2 Å². The van der Waals surface area contributed by atoms with E-state index in [-0.39, 0.29) is 19.1 Å². The van der Waals surface area contributed by atoms with Gasteiger partial charge in [-0.15, -0.1) is 0 Å². The van der Waals surface area contributed by atoms with E-state index < -0.39 is 24.6 Å². The second-order valence-corrected chi connectivity index (χ2v) is 6.93. The maximum absolute atomic E-state index is 14.8. The summed E-state index contributed by atoms with van der Waals surface area (Å²) >= 11 is 0. The highest BCUT2D eigenvalue weighted by molar-refractivity contribution is 5.90. The number of ether oxygens (including phenoxy) is 2. The van der Waals surface area contributed by atoms with Gasteiger partial charge >= 0.3 is 6.09 Å². The van der Waals surface area contributed by atoms with Crippen LogP contribution in [0.25, 0.3) is 0 Å². The number of carbonyl (C=O) groups is 2. The van der Waals surface area contributed by atoms with Crippen LogP contribution < -0.4 is 14.5 Å². The van der Waals surface area contributed by atoms with Crippen molar-refractivity contribution in [3.8, 4) is 5.88 Å². The van der Waals surface area contributed by atoms with Crippen LogP contribution >= 0.6 is 0 Å². The Morgan fingerprint density at radius 3 is 2.73 bits per heavy atom. The minimum Gasteiger partial charge on any atom is -0.471 e. The summed E-state index contributed by atoms with van der Waals surface area (Å²) in [6.07, 6.45) is 0.276. The Labute approximate surface area is 171 Å². The van der Waals surface area contributed by atoms with Crippen molar-refractivity contribution in [3.05, 3.63) is 36.3 Å². The van der Waals surface area contributed by atoms with Gasteiger partial charge in [0.15, 0.2) is 6.10 Å². The van der Waals surface area contributed by atoms with Crippen molar-refractivity contribution in [2.24, 2.45) is 0 Å². The van der Waals surface area contributed by atoms with Crippen molar-refractivity contribution >= 4 is 23.4 Å². The monoisotopic (exact) mass is 420 g/mol. The number of nitrogens with zero attached hydrogens (tertiary/aromatic N) is 4. The predicted molar refractivity (Wildman–Crippen MR) is 102 cm³/mol. The molecule has 0 unspecified atom stereocenters. The lowest BCUT2D eigenvalue weighted by atomic mass is 10.2. The smallest absolute Gasteiger partial charge is 0.414 e. The zero-order valence-corrected chi connectivity index (χ0v) is 16.1. The minimum atomic E-state index is -0.577. The Morgan fingerprint density at radius 2 is 2.07 bits per heavy atom. The van der Waals surface area contributed by atoms with E-state index in [1.807, 2.05) is 4.90 Å². The van der Waals surface area contributed by atoms with Crippen LogP contribution in [0.4, 0.5) is 20.6 Å². The van der Waals surface area contributed by atoms with Crippen molar-refractivity contribution in [3.63, 3.8) is 0 Å². The fourth-order valence-electron chi connectivity index (χ4n) is 3.49. The maximum atomic E-state index is 14.8. The van der Waals surface area contributed by atoms with Crippen LogP contribution in [0.1, 0.15) is 0 Å². The molecule has 2 aliphatic heterocycles. The summed E-state index contributed by atoms with van der Waals surface area (Å²) in [5, 5.41) is 12.6. The van der Waals surface area contributed by atoms with E-state index in [0.717, 1.165) is 0 Å². The second-order valence-electron chi connectivity index (χ2n) is 6.93. The van der Waals surface area contributed by atoms with Crippen molar-refractivity contribution in [1.82, 2.24) is 10.1 Å². The number of amides is 2. The van der Waals surface area contributed by atoms with Crippen LogP contribution in [0.3, 0.4) is 0 Å². The molecule has 0 bridgehead atoms. The van der Waals surface area contributed by atoms with Crippen molar-refractivity contribution in [2.75, 3.05) is 55.7 Å². The van der Waals surface area contributed by atoms with Crippen molar-refractivity contribution in [1.29, 1.82) is 0 Å². The van der Waals surface area contributed by atoms with E-state index in [4.69, 9.17) is 14.6 Å². The molecule has 1 N–H and O–H groups in total. The molecule has 1 aromatic carbocycles. The summed E-state index contributed by atoms with van der Waals surface area (Å²) in [7, 11) is 0. The van der Waals surface area contributed by atoms with Crippen LogP contribution in [0, 0.1) is 5.82 Å². The third-order valence-corrected chi connectivity index (χ3v) is 5.06. The summed E-state index contributed by atoms with van der Waals surface area (Å²) in [5.74, 6) is -0.509. The van der Waals surface area contributed by atoms with Gasteiger partial charge in [-0.25, -0.2) is 9.18 Å². The minimum absolute atomic E-state index is 0.103. The molecule has 3 heterocycles. The Kier molecular flexibility index (Phi) is 5.70. The summed E-state index contributed by atoms with van der Waals surface area (Å²) < 4.78 is 30.1. The first-order valence-electron chi connectivity index (χ1n) is 9.49. The number of cyclic esters (lactones) is 1. The number of halogens is 1. The number of hydrogen-bond donors (Lipinski definition) is 1. The first-order chi connectivity index (χ1) is 14.5. The Hall–Kier alpha value is -3.34. The predicted octanol–water partition coefficient (Wildman–Crippen LogP) is 0.859. The number of benzene rings is 1. The summed E-state index contributed by atoms with van der Waals surface area (Å²) in [4.78, 5) is 28.5. The number of aliphatic hydroxyl groups is 1. The summed E-state index contributed by atoms with van der Waals surface area (Å²) in [5.41, 5.74) is 0.785. The van der Waals surface area contributed by atoms with Gasteiger partial charge < -0.3 is 28.9 Å². The molecule has 2 fully saturated rings. The van der Waals surface area contributed by atoms with E-state index >= 15 is 0 Å². The molecule has 1 atom stereocenters. The molecule has 160 valence electrons. The molecule has 30 heavy (non-hydrogen) atoms. The van der Waals surface area contributed by atoms with Gasteiger partial charge in [-0.2, -0.15) is 0 Å². The van der Waals surface area contributed by atoms with E-state index in [1.165, 1.54) is 17.2 Å². The van der Waals surface area contributed by atoms with Gasteiger partial charge in [0.1, 0.15) is 25.3 Å². The maximum Gasteiger partial charge on any atom is 0.414 e. The zero-order valence-electron chi connectivity index (χ0n) is 16.1. The molecular weight excluding hydrogens is 399 g/mol. The molecule has 0 saturated carbocycles. The zero-order chi connectivity index (χ0) is 21.1. The number of aromatic nitrogens is 1. The van der Waals surface area contributed by atoms with E-state index in [2.05, 4.69) is 9.68 Å². The van der Waals surface area contributed by atoms with E-state index in [0.29, 0.717) is 43.4 Å². The number of carbonyl (C=O) groups excluding carboxylic acids is 2. The van der Waals surface area contributed by atoms with E-state index in [1.54, 1.807) is 23.1 Å². The molecule has 2 amide bonds. The highest BCUT2D eigenvalue weighted by atomic mass is 19.1. The van der Waals surface area contributed by atoms with Crippen molar-refractivity contribution < 1.29 is 33.1 Å². The number of anilines is 2. The lowest BCUT2D eigenvalue weighted by Gasteiger charge is -2.36. The average Bonchev–Trinajstić information content (AvgIpc) is 3.41. The molecular formula is C19H21FN4O6. The lowest BCUT2D eigenvalue weighted by Crippen LogP contribution is -2.49. The molecule has 0 radical (unpaired) electrons. The fraction of sp³-hybridized carbons (Fsp3) is 0.421. The van der Waals surface area contributed by atoms with Crippen LogP contribution in [0.5, 0.6) is 5.88 Å². The lowest BCUT2D eigenvalue weighted by molar-refractivity contribution is -0.134. The highest BCUT2D eigenvalue weighted by Crippen LogP contribution is 2.28. The van der Waals surface area contributed by atoms with Crippen LogP contribution in [0.15, 0.2) is 35.1 Å². The Morgan fingerprint density at radius 1 is 1.27 bits per heavy atom. The first-order valence-corrected chi connectivity index (χ1v) is 9.49. The highest BCUT2D eigenvalue weighted by Gasteiger charge is 2.33. The Bertz CT molecular complexity index is 900. The molecule has 2 aliphatic rings.